The molecule has 0 unspecified atom stereocenters. The van der Waals surface area contributed by atoms with Crippen LogP contribution in [0.1, 0.15) is 2.85 Å². The zero-order chi connectivity index (χ0) is 4.50. The Morgan fingerprint density at radius 2 is 1.25 bits per heavy atom. The molecule has 4 nitrogen and oxygen atoms in total. The SMILES string of the molecule is O=P([O-])([O-])[O-].[F-].[H+].[H+].[Na+].[SnH2]. The van der Waals surface area contributed by atoms with Gasteiger partial charge in [-0.15, -0.1) is 0 Å². The van der Waals surface area contributed by atoms with Gasteiger partial charge in [0.15, 0.2) is 0 Å². The predicted molar refractivity (Wildman–Crippen MR) is 18.4 cm³/mol. The van der Waals surface area contributed by atoms with Gasteiger partial charge >= 0.3 is 56.3 Å². The Morgan fingerprint density at radius 1 is 1.25 bits per heavy atom. The first-order chi connectivity index (χ1) is 2.00. The molecule has 0 saturated heterocycles. The van der Waals surface area contributed by atoms with Crippen LogP contribution in [0.3, 0.4) is 0 Å². The molecule has 0 rings (SSSR count). The van der Waals surface area contributed by atoms with Crippen LogP contribution in [0.5, 0.6) is 0 Å². The summed E-state index contributed by atoms with van der Waals surface area (Å²) in [5.41, 5.74) is 0. The summed E-state index contributed by atoms with van der Waals surface area (Å²) in [6.45, 7) is 0. The van der Waals surface area contributed by atoms with Crippen molar-refractivity contribution < 1.29 is 56.4 Å². The molecular formula is H4FNaO4PSn-. The van der Waals surface area contributed by atoms with Crippen LogP contribution in [-0.4, -0.2) is 23.9 Å². The van der Waals surface area contributed by atoms with E-state index in [1.54, 1.807) is 0 Å². The Morgan fingerprint density at radius 3 is 1.25 bits per heavy atom. The minimum atomic E-state index is -5.39. The molecule has 0 heterocycles. The topological polar surface area (TPSA) is 86.2 Å². The molecule has 0 aliphatic carbocycles. The first-order valence-corrected chi connectivity index (χ1v) is 2.19. The fourth-order valence-electron chi connectivity index (χ4n) is 0. The molecule has 46 valence electrons. The van der Waals surface area contributed by atoms with Gasteiger partial charge < -0.3 is 23.9 Å². The predicted octanol–water partition coefficient (Wildman–Crippen LogP) is -9.51. The Bertz CT molecular complexity index is 69.4. The molecule has 0 spiro atoms. The Labute approximate surface area is 87.5 Å². The Kier molecular flexibility index (Phi) is 24.9. The summed E-state index contributed by atoms with van der Waals surface area (Å²) in [5, 5.41) is 0. The second-order valence-corrected chi connectivity index (χ2v) is 1.34. The quantitative estimate of drug-likeness (QED) is 0.319. The van der Waals surface area contributed by atoms with Crippen LogP contribution in [0.15, 0.2) is 0 Å². The van der Waals surface area contributed by atoms with Gasteiger partial charge in [0.2, 0.25) is 0 Å². The van der Waals surface area contributed by atoms with Gasteiger partial charge in [-0.25, -0.2) is 0 Å². The maximum atomic E-state index is 8.55. The molecule has 0 aliphatic rings. The van der Waals surface area contributed by atoms with Crippen molar-refractivity contribution in [2.45, 2.75) is 0 Å². The number of halogens is 1. The van der Waals surface area contributed by atoms with Gasteiger partial charge in [-0.2, -0.15) is 7.82 Å². The molecule has 0 fully saturated rings. The number of hydrogen-bond donors (Lipinski definition) is 0. The van der Waals surface area contributed by atoms with Gasteiger partial charge in [-0.05, 0) is 0 Å². The van der Waals surface area contributed by atoms with E-state index in [1.165, 1.54) is 0 Å². The summed E-state index contributed by atoms with van der Waals surface area (Å²) in [6.07, 6.45) is 0. The molecule has 8 heteroatoms. The van der Waals surface area contributed by atoms with E-state index < -0.39 is 7.82 Å². The van der Waals surface area contributed by atoms with E-state index >= 15 is 0 Å². The second-order valence-electron chi connectivity index (χ2n) is 0.447. The van der Waals surface area contributed by atoms with Crippen LogP contribution < -0.4 is 48.9 Å². The van der Waals surface area contributed by atoms with Crippen molar-refractivity contribution in [3.05, 3.63) is 0 Å². The maximum absolute atomic E-state index is 8.55. The summed E-state index contributed by atoms with van der Waals surface area (Å²) in [6, 6.07) is 0. The Hall–Kier alpha value is 1.84. The fraction of sp³-hybridized carbons (Fsp3) is 0. The number of rotatable bonds is 0. The summed E-state index contributed by atoms with van der Waals surface area (Å²) in [4.78, 5) is 25.6. The number of phosphoric acid groups is 1. The second kappa shape index (κ2) is 8.84. The average molecular weight is 260 g/mol. The summed E-state index contributed by atoms with van der Waals surface area (Å²) in [7, 11) is -5.39. The molecular weight excluding hydrogens is 256 g/mol. The van der Waals surface area contributed by atoms with Crippen molar-refractivity contribution in [3.8, 4) is 0 Å². The van der Waals surface area contributed by atoms with E-state index in [2.05, 4.69) is 0 Å². The monoisotopic (exact) mass is 261 g/mol. The summed E-state index contributed by atoms with van der Waals surface area (Å²) < 4.78 is 8.55. The molecule has 8 heavy (non-hydrogen) atoms. The van der Waals surface area contributed by atoms with Gasteiger partial charge in [0, 0.05) is 0 Å². The normalized spacial score (nSPS) is 7.38. The third-order valence-corrected chi connectivity index (χ3v) is 0. The molecule has 0 bridgehead atoms. The molecule has 0 amide bonds. The van der Waals surface area contributed by atoms with Gasteiger partial charge in [-0.1, -0.05) is 0 Å². The molecule has 0 atom stereocenters. The molecule has 0 aromatic heterocycles. The van der Waals surface area contributed by atoms with Crippen LogP contribution in [-0.2, 0) is 4.57 Å². The summed E-state index contributed by atoms with van der Waals surface area (Å²) >= 11 is 0. The zero-order valence-corrected chi connectivity index (χ0v) is 11.1. The van der Waals surface area contributed by atoms with E-state index in [1.807, 2.05) is 0 Å². The molecule has 0 saturated carbocycles. The minimum absolute atomic E-state index is 0. The average Bonchev–Trinajstić information content (AvgIpc) is 0.722. The molecule has 2 radical (unpaired) electrons. The van der Waals surface area contributed by atoms with Crippen molar-refractivity contribution in [3.63, 3.8) is 0 Å². The fourth-order valence-corrected chi connectivity index (χ4v) is 0. The van der Waals surface area contributed by atoms with Crippen LogP contribution in [0, 0.1) is 0 Å². The van der Waals surface area contributed by atoms with E-state index in [0.717, 1.165) is 0 Å². The van der Waals surface area contributed by atoms with Crippen molar-refractivity contribution in [1.29, 1.82) is 0 Å². The van der Waals surface area contributed by atoms with E-state index in [9.17, 15) is 0 Å². The molecule has 0 N–H and O–H groups in total. The standard InChI is InChI=1S/FH.Na.H3O4P.Sn.2H/c;;1-5(2,3)4;;;/h1H;;(H3,1,2,3,4);;;/q;+1;;;;/p-2. The van der Waals surface area contributed by atoms with Crippen LogP contribution in [0.25, 0.3) is 0 Å². The van der Waals surface area contributed by atoms with E-state index in [4.69, 9.17) is 19.2 Å². The van der Waals surface area contributed by atoms with Gasteiger partial charge in [-0.3, -0.25) is 0 Å². The first kappa shape index (κ1) is 22.5. The molecule has 0 aromatic carbocycles. The number of hydrogen-bond acceptors (Lipinski definition) is 4. The van der Waals surface area contributed by atoms with Crippen molar-refractivity contribution >= 4 is 31.7 Å². The first-order valence-electron chi connectivity index (χ1n) is 0.730. The van der Waals surface area contributed by atoms with Crippen molar-refractivity contribution in [2.75, 3.05) is 0 Å². The summed E-state index contributed by atoms with van der Waals surface area (Å²) in [5.74, 6) is 0. The third kappa shape index (κ3) is 108. The van der Waals surface area contributed by atoms with Crippen molar-refractivity contribution in [1.82, 2.24) is 0 Å². The third-order valence-electron chi connectivity index (χ3n) is 0. The van der Waals surface area contributed by atoms with Gasteiger partial charge in [0.1, 0.15) is 0 Å². The molecule has 0 aromatic rings. The zero-order valence-electron chi connectivity index (χ0n) is 6.17. The van der Waals surface area contributed by atoms with E-state index in [-0.39, 0.29) is 61.0 Å². The Balaban J connectivity index is -0.00000000800. The van der Waals surface area contributed by atoms with Crippen molar-refractivity contribution in [2.24, 2.45) is 0 Å². The van der Waals surface area contributed by atoms with Crippen LogP contribution in [0.4, 0.5) is 0 Å². The van der Waals surface area contributed by atoms with Crippen LogP contribution >= 0.6 is 7.82 Å². The van der Waals surface area contributed by atoms with Gasteiger partial charge in [0.25, 0.3) is 0 Å². The van der Waals surface area contributed by atoms with Gasteiger partial charge in [0.05, 0.1) is 0 Å². The van der Waals surface area contributed by atoms with Crippen LogP contribution in [0.2, 0.25) is 0 Å². The van der Waals surface area contributed by atoms with E-state index in [0.29, 0.717) is 0 Å². The molecule has 0 aliphatic heterocycles.